The number of anilines is 1. The molecule has 1 aromatic carbocycles. The van der Waals surface area contributed by atoms with E-state index in [1.807, 2.05) is 12.1 Å². The summed E-state index contributed by atoms with van der Waals surface area (Å²) in [5, 5.41) is 10.8. The zero-order valence-corrected chi connectivity index (χ0v) is 14.2. The molecule has 0 aliphatic rings. The van der Waals surface area contributed by atoms with Crippen LogP contribution in [0.3, 0.4) is 0 Å². The van der Waals surface area contributed by atoms with Crippen LogP contribution in [-0.4, -0.2) is 25.5 Å². The van der Waals surface area contributed by atoms with E-state index in [0.717, 1.165) is 12.6 Å². The molecule has 0 fully saturated rings. The summed E-state index contributed by atoms with van der Waals surface area (Å²) >= 11 is 5.83. The minimum absolute atomic E-state index is 0.328. The lowest BCUT2D eigenvalue weighted by Crippen LogP contribution is -2.12. The Morgan fingerprint density at radius 2 is 1.96 bits per heavy atom. The van der Waals surface area contributed by atoms with Gasteiger partial charge in [-0.05, 0) is 17.7 Å². The van der Waals surface area contributed by atoms with Crippen LogP contribution < -0.4 is 5.32 Å². The molecular weight excluding hydrogens is 371 g/mol. The van der Waals surface area contributed by atoms with E-state index in [1.54, 1.807) is 23.0 Å². The quantitative estimate of drug-likeness (QED) is 0.748. The number of rotatable bonds is 4. The highest BCUT2D eigenvalue weighted by Gasteiger charge is 2.35. The predicted octanol–water partition coefficient (Wildman–Crippen LogP) is 3.59. The number of alkyl halides is 3. The van der Waals surface area contributed by atoms with Gasteiger partial charge in [0.25, 0.3) is 5.91 Å². The third-order valence-corrected chi connectivity index (χ3v) is 3.80. The molecule has 0 aliphatic heterocycles. The zero-order chi connectivity index (χ0) is 18.9. The predicted molar refractivity (Wildman–Crippen MR) is 88.9 cm³/mol. The maximum atomic E-state index is 12.8. The van der Waals surface area contributed by atoms with Crippen molar-refractivity contribution in [2.45, 2.75) is 12.7 Å². The molecule has 1 amide bonds. The molecule has 0 atom stereocenters. The van der Waals surface area contributed by atoms with Crippen LogP contribution in [0.2, 0.25) is 5.02 Å². The Morgan fingerprint density at radius 1 is 1.27 bits per heavy atom. The fourth-order valence-electron chi connectivity index (χ4n) is 2.33. The van der Waals surface area contributed by atoms with Gasteiger partial charge in [-0.3, -0.25) is 14.2 Å². The van der Waals surface area contributed by atoms with Gasteiger partial charge in [0, 0.05) is 24.3 Å². The molecule has 0 saturated heterocycles. The largest absolute Gasteiger partial charge is 0.433 e. The molecule has 136 valence electrons. The van der Waals surface area contributed by atoms with E-state index >= 15 is 0 Å². The van der Waals surface area contributed by atoms with Gasteiger partial charge < -0.3 is 5.32 Å². The SMILES string of the molecule is Cn1nc(C(=O)Nc2cnn(Cc3ccc(Cl)cc3)c2)cc1C(F)(F)F. The van der Waals surface area contributed by atoms with Gasteiger partial charge in [0.1, 0.15) is 5.69 Å². The standard InChI is InChI=1S/C16H13ClF3N5O/c1-24-14(16(18,19)20)6-13(23-24)15(26)22-12-7-21-25(9-12)8-10-2-4-11(17)5-3-10/h2-7,9H,8H2,1H3,(H,22,26). The fourth-order valence-corrected chi connectivity index (χ4v) is 2.46. The number of amides is 1. The van der Waals surface area contributed by atoms with Crippen LogP contribution >= 0.6 is 11.6 Å². The van der Waals surface area contributed by atoms with E-state index < -0.39 is 17.8 Å². The third-order valence-electron chi connectivity index (χ3n) is 3.55. The van der Waals surface area contributed by atoms with Crippen molar-refractivity contribution >= 4 is 23.2 Å². The van der Waals surface area contributed by atoms with Gasteiger partial charge in [-0.15, -0.1) is 0 Å². The van der Waals surface area contributed by atoms with Gasteiger partial charge in [-0.2, -0.15) is 23.4 Å². The summed E-state index contributed by atoms with van der Waals surface area (Å²) < 4.78 is 40.5. The third kappa shape index (κ3) is 4.05. The van der Waals surface area contributed by atoms with E-state index in [2.05, 4.69) is 15.5 Å². The molecule has 1 N–H and O–H groups in total. The molecule has 2 aromatic heterocycles. The van der Waals surface area contributed by atoms with Crippen molar-refractivity contribution in [2.24, 2.45) is 7.05 Å². The average molecular weight is 384 g/mol. The van der Waals surface area contributed by atoms with Crippen LogP contribution in [0.25, 0.3) is 0 Å². The summed E-state index contributed by atoms with van der Waals surface area (Å²) in [5.41, 5.74) is -0.0237. The Kier molecular flexibility index (Phi) is 4.73. The van der Waals surface area contributed by atoms with Crippen LogP contribution in [-0.2, 0) is 19.8 Å². The van der Waals surface area contributed by atoms with Crippen molar-refractivity contribution < 1.29 is 18.0 Å². The number of benzene rings is 1. The maximum absolute atomic E-state index is 12.8. The van der Waals surface area contributed by atoms with Crippen molar-refractivity contribution in [2.75, 3.05) is 5.32 Å². The molecule has 0 saturated carbocycles. The van der Waals surface area contributed by atoms with Crippen LogP contribution in [0, 0.1) is 0 Å². The van der Waals surface area contributed by atoms with Crippen molar-refractivity contribution in [3.8, 4) is 0 Å². The van der Waals surface area contributed by atoms with Crippen molar-refractivity contribution in [1.29, 1.82) is 0 Å². The second kappa shape index (κ2) is 6.83. The lowest BCUT2D eigenvalue weighted by atomic mass is 10.2. The number of nitrogens with zero attached hydrogens (tertiary/aromatic N) is 4. The van der Waals surface area contributed by atoms with Crippen LogP contribution in [0.4, 0.5) is 18.9 Å². The maximum Gasteiger partial charge on any atom is 0.433 e. The van der Waals surface area contributed by atoms with E-state index in [4.69, 9.17) is 11.6 Å². The normalized spacial score (nSPS) is 11.6. The highest BCUT2D eigenvalue weighted by Crippen LogP contribution is 2.29. The van der Waals surface area contributed by atoms with Crippen LogP contribution in [0.5, 0.6) is 0 Å². The minimum Gasteiger partial charge on any atom is -0.318 e. The summed E-state index contributed by atoms with van der Waals surface area (Å²) in [5.74, 6) is -0.748. The fraction of sp³-hybridized carbons (Fsp3) is 0.188. The number of carbonyl (C=O) groups excluding carboxylic acids is 1. The second-order valence-electron chi connectivity index (χ2n) is 5.54. The first-order valence-corrected chi connectivity index (χ1v) is 7.79. The Bertz CT molecular complexity index is 930. The first-order chi connectivity index (χ1) is 12.2. The summed E-state index contributed by atoms with van der Waals surface area (Å²) in [7, 11) is 1.13. The number of halogens is 4. The summed E-state index contributed by atoms with van der Waals surface area (Å²) in [4.78, 5) is 12.1. The molecular formula is C16H13ClF3N5O. The van der Waals surface area contributed by atoms with E-state index in [9.17, 15) is 18.0 Å². The molecule has 0 spiro atoms. The van der Waals surface area contributed by atoms with Gasteiger partial charge in [0.15, 0.2) is 5.69 Å². The lowest BCUT2D eigenvalue weighted by molar-refractivity contribution is -0.143. The Labute approximate surface area is 151 Å². The Hall–Kier alpha value is -2.81. The number of hydrogen-bond donors (Lipinski definition) is 1. The van der Waals surface area contributed by atoms with Gasteiger partial charge >= 0.3 is 6.18 Å². The smallest absolute Gasteiger partial charge is 0.318 e. The zero-order valence-electron chi connectivity index (χ0n) is 13.5. The molecule has 26 heavy (non-hydrogen) atoms. The van der Waals surface area contributed by atoms with Gasteiger partial charge in [0.05, 0.1) is 18.4 Å². The van der Waals surface area contributed by atoms with Crippen LogP contribution in [0.15, 0.2) is 42.7 Å². The second-order valence-corrected chi connectivity index (χ2v) is 5.98. The molecule has 0 radical (unpaired) electrons. The highest BCUT2D eigenvalue weighted by molar-refractivity contribution is 6.30. The van der Waals surface area contributed by atoms with Crippen LogP contribution in [0.1, 0.15) is 21.7 Å². The number of aryl methyl sites for hydroxylation is 1. The number of aromatic nitrogens is 4. The molecule has 0 bridgehead atoms. The number of carbonyl (C=O) groups is 1. The van der Waals surface area contributed by atoms with E-state index in [1.165, 1.54) is 6.20 Å². The van der Waals surface area contributed by atoms with Crippen molar-refractivity contribution in [3.05, 3.63) is 64.7 Å². The van der Waals surface area contributed by atoms with Gasteiger partial charge in [-0.1, -0.05) is 23.7 Å². The van der Waals surface area contributed by atoms with Gasteiger partial charge in [-0.25, -0.2) is 0 Å². The first-order valence-electron chi connectivity index (χ1n) is 7.42. The topological polar surface area (TPSA) is 64.7 Å². The van der Waals surface area contributed by atoms with E-state index in [-0.39, 0.29) is 5.69 Å². The molecule has 10 heteroatoms. The molecule has 2 heterocycles. The summed E-state index contributed by atoms with van der Waals surface area (Å²) in [6.45, 7) is 0.453. The van der Waals surface area contributed by atoms with Gasteiger partial charge in [0.2, 0.25) is 0 Å². The lowest BCUT2D eigenvalue weighted by Gasteiger charge is -2.04. The monoisotopic (exact) mass is 383 g/mol. The number of hydrogen-bond acceptors (Lipinski definition) is 3. The molecule has 6 nitrogen and oxygen atoms in total. The summed E-state index contributed by atoms with van der Waals surface area (Å²) in [6.07, 6.45) is -1.61. The first kappa shape index (κ1) is 18.0. The van der Waals surface area contributed by atoms with Crippen molar-refractivity contribution in [1.82, 2.24) is 19.6 Å². The van der Waals surface area contributed by atoms with E-state index in [0.29, 0.717) is 28.0 Å². The molecule has 3 aromatic rings. The average Bonchev–Trinajstić information content (AvgIpc) is 3.16. The molecule has 0 aliphatic carbocycles. The highest BCUT2D eigenvalue weighted by atomic mass is 35.5. The Balaban J connectivity index is 1.69. The number of nitrogens with one attached hydrogen (secondary N) is 1. The summed E-state index contributed by atoms with van der Waals surface area (Å²) in [6, 6.07) is 7.89. The Morgan fingerprint density at radius 3 is 2.58 bits per heavy atom. The minimum atomic E-state index is -4.58. The van der Waals surface area contributed by atoms with Crippen molar-refractivity contribution in [3.63, 3.8) is 0 Å². The molecule has 3 rings (SSSR count). The molecule has 0 unspecified atom stereocenters.